The minimum absolute atomic E-state index is 0.124. The SMILES string of the molecule is Cn1ccc(CNC2CS(=O)(=O)c3ccccc32)n1. The first-order chi connectivity index (χ1) is 9.06. The van der Waals surface area contributed by atoms with Gasteiger partial charge in [-0.3, -0.25) is 4.68 Å². The van der Waals surface area contributed by atoms with Gasteiger partial charge in [0.15, 0.2) is 9.84 Å². The molecule has 1 aromatic heterocycles. The zero-order chi connectivity index (χ0) is 13.5. The molecule has 3 rings (SSSR count). The van der Waals surface area contributed by atoms with Gasteiger partial charge in [-0.25, -0.2) is 8.42 Å². The fourth-order valence-corrected chi connectivity index (χ4v) is 4.18. The van der Waals surface area contributed by atoms with Gasteiger partial charge in [0.2, 0.25) is 0 Å². The van der Waals surface area contributed by atoms with E-state index in [-0.39, 0.29) is 11.8 Å². The maximum atomic E-state index is 12.0. The summed E-state index contributed by atoms with van der Waals surface area (Å²) in [6.45, 7) is 0.565. The number of aromatic nitrogens is 2. The highest BCUT2D eigenvalue weighted by molar-refractivity contribution is 7.91. The summed E-state index contributed by atoms with van der Waals surface area (Å²) >= 11 is 0. The summed E-state index contributed by atoms with van der Waals surface area (Å²) in [6, 6.07) is 8.95. The fourth-order valence-electron chi connectivity index (χ4n) is 2.40. The largest absolute Gasteiger partial charge is 0.303 e. The highest BCUT2D eigenvalue weighted by Gasteiger charge is 2.33. The number of hydrogen-bond acceptors (Lipinski definition) is 4. The first-order valence-corrected chi connectivity index (χ1v) is 7.75. The van der Waals surface area contributed by atoms with Crippen LogP contribution in [0.5, 0.6) is 0 Å². The Morgan fingerprint density at radius 3 is 2.89 bits per heavy atom. The van der Waals surface area contributed by atoms with Crippen molar-refractivity contribution in [3.8, 4) is 0 Å². The van der Waals surface area contributed by atoms with E-state index < -0.39 is 9.84 Å². The first-order valence-electron chi connectivity index (χ1n) is 6.10. The maximum absolute atomic E-state index is 12.0. The molecule has 1 atom stereocenters. The second-order valence-corrected chi connectivity index (χ2v) is 6.74. The van der Waals surface area contributed by atoms with Crippen molar-refractivity contribution in [3.05, 3.63) is 47.8 Å². The third-order valence-electron chi connectivity index (χ3n) is 3.31. The number of fused-ring (bicyclic) bond motifs is 1. The smallest absolute Gasteiger partial charge is 0.180 e. The maximum Gasteiger partial charge on any atom is 0.180 e. The highest BCUT2D eigenvalue weighted by atomic mass is 32.2. The Labute approximate surface area is 112 Å². The van der Waals surface area contributed by atoms with Gasteiger partial charge in [0.05, 0.1) is 16.3 Å². The molecule has 1 unspecified atom stereocenters. The standard InChI is InChI=1S/C13H15N3O2S/c1-16-7-6-10(15-16)8-14-12-9-19(17,18)13-5-3-2-4-11(12)13/h2-7,12,14H,8-9H2,1H3. The molecule has 0 spiro atoms. The summed E-state index contributed by atoms with van der Waals surface area (Å²) in [6.07, 6.45) is 1.87. The lowest BCUT2D eigenvalue weighted by atomic mass is 10.1. The molecular formula is C13H15N3O2S. The van der Waals surface area contributed by atoms with Crippen molar-refractivity contribution in [2.75, 3.05) is 5.75 Å². The Balaban J connectivity index is 1.80. The summed E-state index contributed by atoms with van der Waals surface area (Å²) in [4.78, 5) is 0.452. The molecule has 0 amide bonds. The zero-order valence-electron chi connectivity index (χ0n) is 10.6. The van der Waals surface area contributed by atoms with Crippen LogP contribution in [0.4, 0.5) is 0 Å². The Morgan fingerprint density at radius 2 is 2.16 bits per heavy atom. The second kappa shape index (κ2) is 4.47. The van der Waals surface area contributed by atoms with Gasteiger partial charge in [0.25, 0.3) is 0 Å². The molecule has 0 saturated carbocycles. The number of hydrogen-bond donors (Lipinski definition) is 1. The Kier molecular flexibility index (Phi) is 2.91. The highest BCUT2D eigenvalue weighted by Crippen LogP contribution is 2.32. The molecule has 2 aromatic rings. The molecule has 1 N–H and O–H groups in total. The van der Waals surface area contributed by atoms with Gasteiger partial charge in [0.1, 0.15) is 0 Å². The fraction of sp³-hybridized carbons (Fsp3) is 0.308. The van der Waals surface area contributed by atoms with Gasteiger partial charge in [-0.2, -0.15) is 5.10 Å². The van der Waals surface area contributed by atoms with Crippen molar-refractivity contribution in [3.63, 3.8) is 0 Å². The number of benzene rings is 1. The van der Waals surface area contributed by atoms with E-state index in [0.29, 0.717) is 11.4 Å². The molecule has 0 fully saturated rings. The van der Waals surface area contributed by atoms with Gasteiger partial charge in [-0.15, -0.1) is 0 Å². The van der Waals surface area contributed by atoms with E-state index in [9.17, 15) is 8.42 Å². The minimum Gasteiger partial charge on any atom is -0.303 e. The third kappa shape index (κ3) is 2.29. The number of nitrogens with one attached hydrogen (secondary N) is 1. The van der Waals surface area contributed by atoms with Crippen LogP contribution in [0, 0.1) is 0 Å². The number of nitrogens with zero attached hydrogens (tertiary/aromatic N) is 2. The number of sulfone groups is 1. The normalized spacial score (nSPS) is 20.4. The van der Waals surface area contributed by atoms with E-state index >= 15 is 0 Å². The van der Waals surface area contributed by atoms with Gasteiger partial charge in [-0.1, -0.05) is 18.2 Å². The summed E-state index contributed by atoms with van der Waals surface area (Å²) in [5.41, 5.74) is 1.77. The second-order valence-electron chi connectivity index (χ2n) is 4.73. The monoisotopic (exact) mass is 277 g/mol. The lowest BCUT2D eigenvalue weighted by Gasteiger charge is -2.11. The molecule has 0 bridgehead atoms. The van der Waals surface area contributed by atoms with E-state index in [0.717, 1.165) is 11.3 Å². The lowest BCUT2D eigenvalue weighted by molar-refractivity contribution is 0.557. The van der Waals surface area contributed by atoms with E-state index in [1.54, 1.807) is 16.8 Å². The van der Waals surface area contributed by atoms with Crippen LogP contribution in [0.3, 0.4) is 0 Å². The van der Waals surface area contributed by atoms with Gasteiger partial charge in [-0.05, 0) is 17.7 Å². The third-order valence-corrected chi connectivity index (χ3v) is 5.13. The van der Waals surface area contributed by atoms with Crippen LogP contribution in [0.2, 0.25) is 0 Å². The molecule has 6 heteroatoms. The van der Waals surface area contributed by atoms with E-state index in [1.165, 1.54) is 0 Å². The van der Waals surface area contributed by atoms with Crippen molar-refractivity contribution < 1.29 is 8.42 Å². The topological polar surface area (TPSA) is 64.0 Å². The quantitative estimate of drug-likeness (QED) is 0.910. The lowest BCUT2D eigenvalue weighted by Crippen LogP contribution is -2.22. The summed E-state index contributed by atoms with van der Waals surface area (Å²) < 4.78 is 25.8. The van der Waals surface area contributed by atoms with Crippen LogP contribution < -0.4 is 5.32 Å². The van der Waals surface area contributed by atoms with E-state index in [1.807, 2.05) is 31.4 Å². The molecule has 1 aliphatic rings. The molecule has 0 aliphatic carbocycles. The van der Waals surface area contributed by atoms with E-state index in [2.05, 4.69) is 10.4 Å². The van der Waals surface area contributed by atoms with Gasteiger partial charge in [0, 0.05) is 25.8 Å². The molecular weight excluding hydrogens is 262 g/mol. The Hall–Kier alpha value is -1.66. The first kappa shape index (κ1) is 12.4. The molecule has 1 aromatic carbocycles. The molecule has 0 radical (unpaired) electrons. The van der Waals surface area contributed by atoms with Crippen molar-refractivity contribution in [2.45, 2.75) is 17.5 Å². The minimum atomic E-state index is -3.14. The zero-order valence-corrected chi connectivity index (χ0v) is 11.4. The average molecular weight is 277 g/mol. The van der Waals surface area contributed by atoms with Gasteiger partial charge >= 0.3 is 0 Å². The molecule has 100 valence electrons. The van der Waals surface area contributed by atoms with Crippen molar-refractivity contribution in [1.29, 1.82) is 0 Å². The summed E-state index contributed by atoms with van der Waals surface area (Å²) in [7, 11) is -1.28. The molecule has 5 nitrogen and oxygen atoms in total. The van der Waals surface area contributed by atoms with Crippen LogP contribution in [0.15, 0.2) is 41.4 Å². The summed E-state index contributed by atoms with van der Waals surface area (Å²) in [5.74, 6) is 0.124. The molecule has 2 heterocycles. The molecule has 0 saturated heterocycles. The predicted molar refractivity (Wildman–Crippen MR) is 71.3 cm³/mol. The summed E-state index contributed by atoms with van der Waals surface area (Å²) in [5, 5.41) is 7.54. The van der Waals surface area contributed by atoms with E-state index in [4.69, 9.17) is 0 Å². The van der Waals surface area contributed by atoms with Crippen molar-refractivity contribution in [2.24, 2.45) is 7.05 Å². The van der Waals surface area contributed by atoms with Gasteiger partial charge < -0.3 is 5.32 Å². The Morgan fingerprint density at radius 1 is 1.37 bits per heavy atom. The van der Waals surface area contributed by atoms with Crippen molar-refractivity contribution >= 4 is 9.84 Å². The average Bonchev–Trinajstić information content (AvgIpc) is 2.90. The number of rotatable bonds is 3. The molecule has 19 heavy (non-hydrogen) atoms. The van der Waals surface area contributed by atoms with Crippen LogP contribution in [0.25, 0.3) is 0 Å². The van der Waals surface area contributed by atoms with Crippen LogP contribution in [-0.4, -0.2) is 24.0 Å². The van der Waals surface area contributed by atoms with Crippen LogP contribution in [-0.2, 0) is 23.4 Å². The van der Waals surface area contributed by atoms with Crippen molar-refractivity contribution in [1.82, 2.24) is 15.1 Å². The van der Waals surface area contributed by atoms with Crippen LogP contribution >= 0.6 is 0 Å². The molecule has 1 aliphatic heterocycles. The Bertz CT molecular complexity index is 706. The predicted octanol–water partition coefficient (Wildman–Crippen LogP) is 1.04. The number of aryl methyl sites for hydroxylation is 1. The van der Waals surface area contributed by atoms with Crippen LogP contribution in [0.1, 0.15) is 17.3 Å².